The van der Waals surface area contributed by atoms with Crippen LogP contribution in [-0.2, 0) is 4.79 Å². The molecule has 2 aliphatic heterocycles. The van der Waals surface area contributed by atoms with Gasteiger partial charge in [0, 0.05) is 37.0 Å². The molecule has 0 radical (unpaired) electrons. The molecule has 0 saturated carbocycles. The first-order valence-electron chi connectivity index (χ1n) is 9.25. The van der Waals surface area contributed by atoms with Gasteiger partial charge in [0.25, 0.3) is 17.6 Å². The highest BCUT2D eigenvalue weighted by atomic mass is 16.2. The van der Waals surface area contributed by atoms with Crippen molar-refractivity contribution in [1.29, 1.82) is 0 Å². The van der Waals surface area contributed by atoms with Gasteiger partial charge in [-0.2, -0.15) is 0 Å². The normalized spacial score (nSPS) is 18.6. The topological polar surface area (TPSA) is 103 Å². The SMILES string of the molecule is O=Cc1ccnc2c3c([nH]c12)[C@@H]1CN(C(=O)c2ccccc2)CCN1C(=O)C3=O. The van der Waals surface area contributed by atoms with Gasteiger partial charge in [-0.05, 0) is 18.2 Å². The van der Waals surface area contributed by atoms with Crippen LogP contribution in [0.3, 0.4) is 0 Å². The largest absolute Gasteiger partial charge is 0.354 e. The molecule has 1 saturated heterocycles. The minimum atomic E-state index is -0.638. The highest BCUT2D eigenvalue weighted by Gasteiger charge is 2.45. The molecule has 8 heteroatoms. The molecule has 0 bridgehead atoms. The number of carbonyl (C=O) groups excluding carboxylic acids is 4. The molecule has 1 N–H and O–H groups in total. The van der Waals surface area contributed by atoms with E-state index in [9.17, 15) is 19.2 Å². The molecule has 3 aromatic rings. The Bertz CT molecular complexity index is 1180. The molecular formula is C21H16N4O4. The Hall–Kier alpha value is -3.81. The van der Waals surface area contributed by atoms with Crippen LogP contribution in [0, 0.1) is 0 Å². The number of ketones is 1. The molecule has 1 fully saturated rings. The summed E-state index contributed by atoms with van der Waals surface area (Å²) in [6.45, 7) is 0.857. The van der Waals surface area contributed by atoms with Crippen molar-refractivity contribution in [3.8, 4) is 0 Å². The third-order valence-electron chi connectivity index (χ3n) is 5.58. The fourth-order valence-corrected chi connectivity index (χ4v) is 4.16. The summed E-state index contributed by atoms with van der Waals surface area (Å²) in [4.78, 5) is 60.3. The smallest absolute Gasteiger partial charge is 0.295 e. The number of fused-ring (bicyclic) bond motifs is 5. The zero-order chi connectivity index (χ0) is 20.1. The summed E-state index contributed by atoms with van der Waals surface area (Å²) >= 11 is 0. The molecule has 8 nitrogen and oxygen atoms in total. The van der Waals surface area contributed by atoms with Crippen molar-refractivity contribution in [3.63, 3.8) is 0 Å². The van der Waals surface area contributed by atoms with Gasteiger partial charge in [0.2, 0.25) is 0 Å². The number of nitrogens with one attached hydrogen (secondary N) is 1. The molecule has 5 rings (SSSR count). The van der Waals surface area contributed by atoms with E-state index in [4.69, 9.17) is 0 Å². The summed E-state index contributed by atoms with van der Waals surface area (Å²) in [7, 11) is 0. The maximum Gasteiger partial charge on any atom is 0.295 e. The van der Waals surface area contributed by atoms with Gasteiger partial charge >= 0.3 is 0 Å². The lowest BCUT2D eigenvalue weighted by Crippen LogP contribution is -2.56. The number of carbonyl (C=O) groups is 4. The molecule has 144 valence electrons. The van der Waals surface area contributed by atoms with Crippen LogP contribution in [0.1, 0.15) is 42.8 Å². The number of amides is 2. The summed E-state index contributed by atoms with van der Waals surface area (Å²) in [5, 5.41) is 0. The maximum absolute atomic E-state index is 12.9. The van der Waals surface area contributed by atoms with E-state index in [1.807, 2.05) is 6.07 Å². The minimum absolute atomic E-state index is 0.126. The second kappa shape index (κ2) is 6.37. The lowest BCUT2D eigenvalue weighted by atomic mass is 9.94. The number of Topliss-reactive ketones (excluding diaryl/α,β-unsaturated/α-hetero) is 1. The van der Waals surface area contributed by atoms with E-state index in [1.54, 1.807) is 35.2 Å². The molecule has 1 aromatic carbocycles. The molecule has 2 aliphatic rings. The summed E-state index contributed by atoms with van der Waals surface area (Å²) in [6.07, 6.45) is 2.12. The second-order valence-corrected chi connectivity index (χ2v) is 7.12. The van der Waals surface area contributed by atoms with E-state index in [1.165, 1.54) is 11.1 Å². The number of pyridine rings is 1. The van der Waals surface area contributed by atoms with Crippen LogP contribution >= 0.6 is 0 Å². The van der Waals surface area contributed by atoms with Crippen LogP contribution in [0.5, 0.6) is 0 Å². The highest BCUT2D eigenvalue weighted by Crippen LogP contribution is 2.37. The summed E-state index contributed by atoms with van der Waals surface area (Å²) < 4.78 is 0. The lowest BCUT2D eigenvalue weighted by molar-refractivity contribution is -0.131. The van der Waals surface area contributed by atoms with Crippen molar-refractivity contribution in [3.05, 3.63) is 65.0 Å². The van der Waals surface area contributed by atoms with Gasteiger partial charge in [0.1, 0.15) is 5.52 Å². The molecule has 1 atom stereocenters. The first-order chi connectivity index (χ1) is 14.1. The summed E-state index contributed by atoms with van der Waals surface area (Å²) in [5.74, 6) is -1.37. The van der Waals surface area contributed by atoms with Crippen LogP contribution in [-0.4, -0.2) is 63.3 Å². The van der Waals surface area contributed by atoms with Crippen molar-refractivity contribution in [2.24, 2.45) is 0 Å². The maximum atomic E-state index is 12.9. The van der Waals surface area contributed by atoms with E-state index in [2.05, 4.69) is 9.97 Å². The van der Waals surface area contributed by atoms with E-state index >= 15 is 0 Å². The molecule has 4 heterocycles. The number of aromatic amines is 1. The molecule has 29 heavy (non-hydrogen) atoms. The first kappa shape index (κ1) is 17.3. The summed E-state index contributed by atoms with van der Waals surface area (Å²) in [5.41, 5.74) is 2.40. The quantitative estimate of drug-likeness (QED) is 0.531. The fourth-order valence-electron chi connectivity index (χ4n) is 4.16. The number of H-pyrrole nitrogens is 1. The Labute approximate surface area is 165 Å². The van der Waals surface area contributed by atoms with Crippen LogP contribution in [0.25, 0.3) is 11.0 Å². The van der Waals surface area contributed by atoms with Crippen molar-refractivity contribution in [2.45, 2.75) is 6.04 Å². The van der Waals surface area contributed by atoms with Gasteiger partial charge in [-0.15, -0.1) is 0 Å². The minimum Gasteiger partial charge on any atom is -0.354 e. The average Bonchev–Trinajstić information content (AvgIpc) is 3.17. The number of hydrogen-bond donors (Lipinski definition) is 1. The van der Waals surface area contributed by atoms with Crippen LogP contribution in [0.15, 0.2) is 42.6 Å². The highest BCUT2D eigenvalue weighted by molar-refractivity contribution is 6.46. The number of nitrogens with zero attached hydrogens (tertiary/aromatic N) is 3. The van der Waals surface area contributed by atoms with Crippen molar-refractivity contribution in [1.82, 2.24) is 19.8 Å². The van der Waals surface area contributed by atoms with Crippen molar-refractivity contribution < 1.29 is 19.2 Å². The van der Waals surface area contributed by atoms with E-state index < -0.39 is 17.7 Å². The van der Waals surface area contributed by atoms with Gasteiger partial charge in [0.15, 0.2) is 6.29 Å². The predicted octanol–water partition coefficient (Wildman–Crippen LogP) is 1.60. The molecule has 0 spiro atoms. The first-order valence-corrected chi connectivity index (χ1v) is 9.25. The average molecular weight is 388 g/mol. The second-order valence-electron chi connectivity index (χ2n) is 7.12. The van der Waals surface area contributed by atoms with Crippen LogP contribution in [0.4, 0.5) is 0 Å². The number of rotatable bonds is 2. The zero-order valence-electron chi connectivity index (χ0n) is 15.3. The lowest BCUT2D eigenvalue weighted by Gasteiger charge is -2.43. The predicted molar refractivity (Wildman–Crippen MR) is 103 cm³/mol. The molecule has 2 aromatic heterocycles. The number of aromatic nitrogens is 2. The Kier molecular flexibility index (Phi) is 3.80. The van der Waals surface area contributed by atoms with Crippen LogP contribution < -0.4 is 0 Å². The van der Waals surface area contributed by atoms with Gasteiger partial charge in [-0.3, -0.25) is 24.2 Å². The van der Waals surface area contributed by atoms with Gasteiger partial charge < -0.3 is 14.8 Å². The van der Waals surface area contributed by atoms with Gasteiger partial charge in [0.05, 0.1) is 22.8 Å². The number of benzene rings is 1. The van der Waals surface area contributed by atoms with Crippen molar-refractivity contribution >= 4 is 34.9 Å². The van der Waals surface area contributed by atoms with E-state index in [0.717, 1.165) is 0 Å². The molecular weight excluding hydrogens is 372 g/mol. The Morgan fingerprint density at radius 1 is 1.14 bits per heavy atom. The monoisotopic (exact) mass is 388 g/mol. The number of aldehydes is 1. The molecule has 2 amide bonds. The fraction of sp³-hybridized carbons (Fsp3) is 0.190. The number of piperazine rings is 1. The third kappa shape index (κ3) is 2.49. The van der Waals surface area contributed by atoms with Gasteiger partial charge in [-0.25, -0.2) is 0 Å². The van der Waals surface area contributed by atoms with Gasteiger partial charge in [-0.1, -0.05) is 18.2 Å². The number of hydrogen-bond acceptors (Lipinski definition) is 5. The molecule has 0 aliphatic carbocycles. The Morgan fingerprint density at radius 2 is 1.93 bits per heavy atom. The third-order valence-corrected chi connectivity index (χ3v) is 5.58. The van der Waals surface area contributed by atoms with Crippen molar-refractivity contribution in [2.75, 3.05) is 19.6 Å². The zero-order valence-corrected chi connectivity index (χ0v) is 15.3. The Morgan fingerprint density at radius 3 is 2.69 bits per heavy atom. The van der Waals surface area contributed by atoms with E-state index in [0.29, 0.717) is 40.7 Å². The summed E-state index contributed by atoms with van der Waals surface area (Å²) in [6, 6.07) is 9.99. The standard InChI is InChI=1S/C21H16N4O4/c26-11-13-6-7-22-18-15-17(23-16(13)18)14-10-24(8-9-25(14)21(29)19(15)27)20(28)12-4-2-1-3-5-12/h1-7,11,14,23H,8-10H2/t14-/m0/s1. The Balaban J connectivity index is 1.59. The van der Waals surface area contributed by atoms with Crippen LogP contribution in [0.2, 0.25) is 0 Å². The van der Waals surface area contributed by atoms with E-state index in [-0.39, 0.29) is 24.6 Å². The molecule has 0 unspecified atom stereocenters.